The second-order valence-corrected chi connectivity index (χ2v) is 13.9. The predicted octanol–water partition coefficient (Wildman–Crippen LogP) is 13.0. The fourth-order valence-corrected chi connectivity index (χ4v) is 8.02. The molecule has 0 N–H and O–H groups in total. The molecule has 0 saturated carbocycles. The Hall–Kier alpha value is -6.70. The summed E-state index contributed by atoms with van der Waals surface area (Å²) < 4.78 is 9.90. The summed E-state index contributed by atoms with van der Waals surface area (Å²) in [5.41, 5.74) is 15.8. The maximum absolute atomic E-state index is 5.39. The molecule has 2 heterocycles. The van der Waals surface area contributed by atoms with Crippen molar-refractivity contribution in [3.05, 3.63) is 181 Å². The highest BCUT2D eigenvalue weighted by Crippen LogP contribution is 2.44. The predicted molar refractivity (Wildman–Crippen MR) is 230 cm³/mol. The van der Waals surface area contributed by atoms with Crippen molar-refractivity contribution in [1.29, 1.82) is 0 Å². The molecule has 0 saturated heterocycles. The van der Waals surface area contributed by atoms with Gasteiger partial charge in [-0.2, -0.15) is 8.75 Å². The van der Waals surface area contributed by atoms with Gasteiger partial charge in [-0.25, -0.2) is 9.97 Å². The van der Waals surface area contributed by atoms with Crippen molar-refractivity contribution >= 4 is 67.9 Å². The van der Waals surface area contributed by atoms with Crippen LogP contribution >= 0.6 is 11.7 Å². The van der Waals surface area contributed by atoms with Crippen LogP contribution in [0.5, 0.6) is 0 Å². The normalized spacial score (nSPS) is 11.2. The first-order chi connectivity index (χ1) is 27.2. The molecule has 7 aromatic carbocycles. The van der Waals surface area contributed by atoms with Gasteiger partial charge in [0, 0.05) is 45.3 Å². The van der Waals surface area contributed by atoms with Gasteiger partial charge in [0.15, 0.2) is 0 Å². The lowest BCUT2D eigenvalue weighted by Gasteiger charge is -2.26. The molecule has 0 aliphatic rings. The maximum Gasteiger partial charge on any atom is 0.115 e. The standard InChI is InChI=1S/C48H38N6S/c1-3-41-42(4-2)50-46-44(34-27-31-40(32-28-34)54(37-21-13-7-14-22-37)38-23-15-8-16-24-38)48-47(51-55-52-48)43(45(46)49-41)33-25-29-39(30-26-33)53(35-17-9-5-10-18-35)36-19-11-6-12-20-36/h5-32H,3-4H2,1-2H3. The van der Waals surface area contributed by atoms with Crippen molar-refractivity contribution < 1.29 is 0 Å². The highest BCUT2D eigenvalue weighted by molar-refractivity contribution is 7.00. The van der Waals surface area contributed by atoms with E-state index in [1.807, 2.05) is 24.3 Å². The Morgan fingerprint density at radius 2 is 0.655 bits per heavy atom. The molecule has 9 aromatic rings. The second-order valence-electron chi connectivity index (χ2n) is 13.3. The van der Waals surface area contributed by atoms with Crippen LogP contribution in [0.1, 0.15) is 25.2 Å². The molecular weight excluding hydrogens is 693 g/mol. The number of hydrogen-bond donors (Lipinski definition) is 0. The monoisotopic (exact) mass is 730 g/mol. The molecule has 0 aliphatic heterocycles. The average molecular weight is 731 g/mol. The van der Waals surface area contributed by atoms with Crippen molar-refractivity contribution in [3.8, 4) is 22.3 Å². The Morgan fingerprint density at radius 1 is 0.364 bits per heavy atom. The third-order valence-electron chi connectivity index (χ3n) is 10.0. The quantitative estimate of drug-likeness (QED) is 0.140. The summed E-state index contributed by atoms with van der Waals surface area (Å²) in [6.45, 7) is 4.30. The number of hydrogen-bond acceptors (Lipinski definition) is 7. The Bertz CT molecular complexity index is 2430. The Morgan fingerprint density at radius 3 is 0.945 bits per heavy atom. The number of rotatable bonds is 10. The van der Waals surface area contributed by atoms with Gasteiger partial charge < -0.3 is 9.80 Å². The van der Waals surface area contributed by atoms with E-state index in [9.17, 15) is 0 Å². The minimum atomic E-state index is 0.791. The van der Waals surface area contributed by atoms with Crippen LogP contribution in [0.25, 0.3) is 44.3 Å². The number of aryl methyl sites for hydroxylation is 2. The smallest absolute Gasteiger partial charge is 0.115 e. The van der Waals surface area contributed by atoms with Crippen LogP contribution in [0.2, 0.25) is 0 Å². The fourth-order valence-electron chi connectivity index (χ4n) is 7.46. The lowest BCUT2D eigenvalue weighted by atomic mass is 9.94. The summed E-state index contributed by atoms with van der Waals surface area (Å²) in [5.74, 6) is 0. The van der Waals surface area contributed by atoms with E-state index >= 15 is 0 Å². The summed E-state index contributed by atoms with van der Waals surface area (Å²) in [6, 6.07) is 59.3. The van der Waals surface area contributed by atoms with Crippen LogP contribution in [0.3, 0.4) is 0 Å². The third kappa shape index (κ3) is 6.38. The Balaban J connectivity index is 1.20. The van der Waals surface area contributed by atoms with E-state index in [1.54, 1.807) is 0 Å². The summed E-state index contributed by atoms with van der Waals surface area (Å²) >= 11 is 1.23. The van der Waals surface area contributed by atoms with Gasteiger partial charge in [0.1, 0.15) is 11.0 Å². The highest BCUT2D eigenvalue weighted by atomic mass is 32.1. The lowest BCUT2D eigenvalue weighted by molar-refractivity contribution is 0.931. The summed E-state index contributed by atoms with van der Waals surface area (Å²) in [4.78, 5) is 15.3. The largest absolute Gasteiger partial charge is 0.311 e. The first-order valence-electron chi connectivity index (χ1n) is 18.7. The van der Waals surface area contributed by atoms with Crippen molar-refractivity contribution in [2.75, 3.05) is 9.80 Å². The minimum Gasteiger partial charge on any atom is -0.311 e. The summed E-state index contributed by atoms with van der Waals surface area (Å²) in [7, 11) is 0. The van der Waals surface area contributed by atoms with E-state index in [0.717, 1.165) is 103 Å². The molecule has 0 spiro atoms. The molecule has 0 atom stereocenters. The van der Waals surface area contributed by atoms with Crippen LogP contribution in [0.4, 0.5) is 34.1 Å². The number of fused-ring (bicyclic) bond motifs is 2. The zero-order valence-corrected chi connectivity index (χ0v) is 31.5. The molecule has 0 radical (unpaired) electrons. The molecule has 0 fully saturated rings. The molecule has 0 bridgehead atoms. The van der Waals surface area contributed by atoms with E-state index in [4.69, 9.17) is 18.7 Å². The van der Waals surface area contributed by atoms with Gasteiger partial charge in [0.2, 0.25) is 0 Å². The zero-order valence-electron chi connectivity index (χ0n) is 30.7. The second kappa shape index (κ2) is 15.0. The lowest BCUT2D eigenvalue weighted by Crippen LogP contribution is -2.09. The van der Waals surface area contributed by atoms with E-state index in [2.05, 4.69) is 169 Å². The number of nitrogens with zero attached hydrogens (tertiary/aromatic N) is 6. The molecule has 266 valence electrons. The topological polar surface area (TPSA) is 58.0 Å². The van der Waals surface area contributed by atoms with Crippen LogP contribution < -0.4 is 9.80 Å². The Kier molecular flexibility index (Phi) is 9.28. The Labute approximate surface area is 325 Å². The molecule has 7 heteroatoms. The maximum atomic E-state index is 5.39. The van der Waals surface area contributed by atoms with E-state index in [0.29, 0.717) is 0 Å². The van der Waals surface area contributed by atoms with Crippen molar-refractivity contribution in [2.24, 2.45) is 0 Å². The van der Waals surface area contributed by atoms with Gasteiger partial charge in [-0.3, -0.25) is 0 Å². The zero-order chi connectivity index (χ0) is 37.1. The van der Waals surface area contributed by atoms with E-state index in [-0.39, 0.29) is 0 Å². The average Bonchev–Trinajstić information content (AvgIpc) is 3.74. The van der Waals surface area contributed by atoms with E-state index in [1.165, 1.54) is 11.7 Å². The van der Waals surface area contributed by atoms with Crippen molar-refractivity contribution in [1.82, 2.24) is 18.7 Å². The number of aromatic nitrogens is 4. The first-order valence-corrected chi connectivity index (χ1v) is 19.4. The SMILES string of the molecule is CCc1nc2c(-c3ccc(N(c4ccccc4)c4ccccc4)cc3)c3nsnc3c(-c3ccc(N(c4ccccc4)c4ccccc4)cc3)c2nc1CC. The van der Waals surface area contributed by atoms with Crippen LogP contribution in [-0.4, -0.2) is 18.7 Å². The molecule has 6 nitrogen and oxygen atoms in total. The molecular formula is C48H38N6S. The van der Waals surface area contributed by atoms with Gasteiger partial charge in [0.25, 0.3) is 0 Å². The number of para-hydroxylation sites is 4. The fraction of sp³-hybridized carbons (Fsp3) is 0.0833. The number of anilines is 6. The van der Waals surface area contributed by atoms with Crippen LogP contribution in [0.15, 0.2) is 170 Å². The van der Waals surface area contributed by atoms with Gasteiger partial charge >= 0.3 is 0 Å². The molecule has 2 aromatic heterocycles. The van der Waals surface area contributed by atoms with Gasteiger partial charge in [-0.15, -0.1) is 0 Å². The van der Waals surface area contributed by atoms with Gasteiger partial charge in [0.05, 0.1) is 34.1 Å². The minimum absolute atomic E-state index is 0.791. The molecule has 9 rings (SSSR count). The number of benzene rings is 7. The first kappa shape index (κ1) is 34.1. The van der Waals surface area contributed by atoms with Gasteiger partial charge in [-0.1, -0.05) is 111 Å². The van der Waals surface area contributed by atoms with E-state index < -0.39 is 0 Å². The molecule has 0 amide bonds. The molecule has 0 aliphatic carbocycles. The van der Waals surface area contributed by atoms with Crippen molar-refractivity contribution in [3.63, 3.8) is 0 Å². The highest BCUT2D eigenvalue weighted by Gasteiger charge is 2.24. The third-order valence-corrected chi connectivity index (χ3v) is 10.6. The van der Waals surface area contributed by atoms with Crippen molar-refractivity contribution in [2.45, 2.75) is 26.7 Å². The summed E-state index contributed by atoms with van der Waals surface area (Å²) in [5, 5.41) is 0. The molecule has 55 heavy (non-hydrogen) atoms. The van der Waals surface area contributed by atoms with Gasteiger partial charge in [-0.05, 0) is 96.8 Å². The van der Waals surface area contributed by atoms with Crippen LogP contribution in [0, 0.1) is 0 Å². The summed E-state index contributed by atoms with van der Waals surface area (Å²) in [6.07, 6.45) is 1.58. The molecule has 0 unspecified atom stereocenters. The van der Waals surface area contributed by atoms with Crippen LogP contribution in [-0.2, 0) is 12.8 Å².